The maximum atomic E-state index is 12.1. The number of nitrogens with zero attached hydrogens (tertiary/aromatic N) is 1. The van der Waals surface area contributed by atoms with Crippen molar-refractivity contribution < 1.29 is 19.1 Å². The predicted octanol–water partition coefficient (Wildman–Crippen LogP) is 1.78. The number of benzene rings is 1. The first kappa shape index (κ1) is 16.0. The lowest BCUT2D eigenvalue weighted by atomic mass is 10.2. The van der Waals surface area contributed by atoms with E-state index in [0.717, 1.165) is 5.56 Å². The highest BCUT2D eigenvalue weighted by molar-refractivity contribution is 5.81. The van der Waals surface area contributed by atoms with Crippen LogP contribution in [0.15, 0.2) is 24.3 Å². The zero-order valence-electron chi connectivity index (χ0n) is 12.4. The van der Waals surface area contributed by atoms with E-state index in [2.05, 4.69) is 4.74 Å². The molecule has 1 unspecified atom stereocenters. The first-order chi connectivity index (χ1) is 9.43. The van der Waals surface area contributed by atoms with E-state index in [1.807, 2.05) is 31.2 Å². The number of methoxy groups -OCH3 is 1. The normalized spacial score (nSPS) is 11.6. The molecule has 5 heteroatoms. The zero-order valence-corrected chi connectivity index (χ0v) is 12.4. The van der Waals surface area contributed by atoms with Gasteiger partial charge in [0.15, 0.2) is 6.10 Å². The van der Waals surface area contributed by atoms with E-state index in [1.54, 1.807) is 14.0 Å². The zero-order chi connectivity index (χ0) is 15.1. The van der Waals surface area contributed by atoms with Gasteiger partial charge in [-0.05, 0) is 31.5 Å². The fourth-order valence-electron chi connectivity index (χ4n) is 1.72. The molecule has 1 aromatic carbocycles. The molecule has 0 aliphatic carbocycles. The molecule has 0 heterocycles. The second-order valence-electron chi connectivity index (χ2n) is 4.66. The summed E-state index contributed by atoms with van der Waals surface area (Å²) in [6.45, 7) is 3.97. The number of carbonyl (C=O) groups excluding carboxylic acids is 2. The van der Waals surface area contributed by atoms with Crippen LogP contribution in [0, 0.1) is 6.92 Å². The molecule has 0 N–H and O–H groups in total. The maximum absolute atomic E-state index is 12.1. The summed E-state index contributed by atoms with van der Waals surface area (Å²) in [5.74, 6) is 0.152. The lowest BCUT2D eigenvalue weighted by Crippen LogP contribution is -2.39. The Morgan fingerprint density at radius 1 is 1.35 bits per heavy atom. The Hall–Kier alpha value is -2.04. The van der Waals surface area contributed by atoms with E-state index in [1.165, 1.54) is 12.0 Å². The molecule has 0 aliphatic heterocycles. The van der Waals surface area contributed by atoms with Gasteiger partial charge >= 0.3 is 5.97 Å². The number of hydrogen-bond donors (Lipinski definition) is 0. The second-order valence-corrected chi connectivity index (χ2v) is 4.66. The number of ether oxygens (including phenoxy) is 2. The summed E-state index contributed by atoms with van der Waals surface area (Å²) in [5.41, 5.74) is 1.07. The first-order valence-electron chi connectivity index (χ1n) is 6.49. The summed E-state index contributed by atoms with van der Waals surface area (Å²) in [5, 5.41) is 0. The van der Waals surface area contributed by atoms with Crippen molar-refractivity contribution in [2.24, 2.45) is 0 Å². The highest BCUT2D eigenvalue weighted by atomic mass is 16.5. The number of carbonyl (C=O) groups is 2. The van der Waals surface area contributed by atoms with Gasteiger partial charge in [0, 0.05) is 13.6 Å². The van der Waals surface area contributed by atoms with E-state index in [4.69, 9.17) is 4.74 Å². The molecule has 110 valence electrons. The highest BCUT2D eigenvalue weighted by Gasteiger charge is 2.19. The number of aryl methyl sites for hydroxylation is 1. The van der Waals surface area contributed by atoms with Crippen molar-refractivity contribution in [1.29, 1.82) is 0 Å². The van der Waals surface area contributed by atoms with Crippen molar-refractivity contribution in [3.63, 3.8) is 0 Å². The minimum absolute atomic E-state index is 0.171. The van der Waals surface area contributed by atoms with Crippen LogP contribution in [0.3, 0.4) is 0 Å². The predicted molar refractivity (Wildman–Crippen MR) is 75.5 cm³/mol. The van der Waals surface area contributed by atoms with E-state index >= 15 is 0 Å². The molecule has 1 aromatic rings. The molecule has 0 saturated heterocycles. The Morgan fingerprint density at radius 2 is 2.05 bits per heavy atom. The van der Waals surface area contributed by atoms with E-state index < -0.39 is 6.10 Å². The second kappa shape index (κ2) is 7.53. The van der Waals surface area contributed by atoms with Gasteiger partial charge in [-0.2, -0.15) is 0 Å². The van der Waals surface area contributed by atoms with Crippen LogP contribution in [0.4, 0.5) is 0 Å². The number of esters is 1. The molecule has 1 amide bonds. The fraction of sp³-hybridized carbons (Fsp3) is 0.467. The average Bonchev–Trinajstić information content (AvgIpc) is 2.43. The minimum atomic E-state index is -0.598. The fourth-order valence-corrected chi connectivity index (χ4v) is 1.72. The van der Waals surface area contributed by atoms with Crippen molar-refractivity contribution >= 4 is 11.9 Å². The molecule has 0 radical (unpaired) electrons. The Bertz CT molecular complexity index is 473. The van der Waals surface area contributed by atoms with Crippen LogP contribution in [0.1, 0.15) is 18.9 Å². The Kier molecular flexibility index (Phi) is 6.03. The highest BCUT2D eigenvalue weighted by Crippen LogP contribution is 2.14. The van der Waals surface area contributed by atoms with Gasteiger partial charge in [-0.1, -0.05) is 12.1 Å². The summed E-state index contributed by atoms with van der Waals surface area (Å²) in [6, 6.07) is 7.52. The first-order valence-corrected chi connectivity index (χ1v) is 6.49. The molecule has 0 aliphatic rings. The maximum Gasteiger partial charge on any atom is 0.307 e. The van der Waals surface area contributed by atoms with Crippen LogP contribution < -0.4 is 4.74 Å². The van der Waals surface area contributed by atoms with Gasteiger partial charge in [0.2, 0.25) is 0 Å². The average molecular weight is 279 g/mol. The van der Waals surface area contributed by atoms with Crippen LogP contribution in [-0.4, -0.2) is 43.6 Å². The Labute approximate surface area is 119 Å². The van der Waals surface area contributed by atoms with Gasteiger partial charge in [-0.3, -0.25) is 9.59 Å². The molecule has 1 rings (SSSR count). The standard InChI is InChI=1S/C15H21NO4/c1-11-6-5-7-13(10-11)20-12(2)15(18)16(3)9-8-14(17)19-4/h5-7,10,12H,8-9H2,1-4H3. The van der Waals surface area contributed by atoms with E-state index in [-0.39, 0.29) is 18.3 Å². The molecular formula is C15H21NO4. The monoisotopic (exact) mass is 279 g/mol. The van der Waals surface area contributed by atoms with Gasteiger partial charge < -0.3 is 14.4 Å². The molecular weight excluding hydrogens is 258 g/mol. The number of rotatable bonds is 6. The molecule has 0 saturated carbocycles. The van der Waals surface area contributed by atoms with Crippen molar-refractivity contribution in [3.8, 4) is 5.75 Å². The van der Waals surface area contributed by atoms with Gasteiger partial charge in [0.05, 0.1) is 13.5 Å². The van der Waals surface area contributed by atoms with Crippen molar-refractivity contribution in [2.75, 3.05) is 20.7 Å². The topological polar surface area (TPSA) is 55.8 Å². The van der Waals surface area contributed by atoms with Crippen LogP contribution in [0.5, 0.6) is 5.75 Å². The number of amides is 1. The third-order valence-electron chi connectivity index (χ3n) is 2.91. The molecule has 0 spiro atoms. The lowest BCUT2D eigenvalue weighted by molar-refractivity contribution is -0.142. The summed E-state index contributed by atoms with van der Waals surface area (Å²) in [4.78, 5) is 24.6. The largest absolute Gasteiger partial charge is 0.481 e. The van der Waals surface area contributed by atoms with Gasteiger partial charge in [0.25, 0.3) is 5.91 Å². The van der Waals surface area contributed by atoms with Crippen molar-refractivity contribution in [1.82, 2.24) is 4.90 Å². The molecule has 0 aromatic heterocycles. The van der Waals surface area contributed by atoms with Crippen LogP contribution in [-0.2, 0) is 14.3 Å². The van der Waals surface area contributed by atoms with E-state index in [0.29, 0.717) is 12.3 Å². The summed E-state index contributed by atoms with van der Waals surface area (Å²) >= 11 is 0. The quantitative estimate of drug-likeness (QED) is 0.745. The molecule has 5 nitrogen and oxygen atoms in total. The third kappa shape index (κ3) is 4.91. The minimum Gasteiger partial charge on any atom is -0.481 e. The summed E-state index contributed by atoms with van der Waals surface area (Å²) < 4.78 is 10.1. The molecule has 20 heavy (non-hydrogen) atoms. The van der Waals surface area contributed by atoms with Crippen molar-refractivity contribution in [3.05, 3.63) is 29.8 Å². The van der Waals surface area contributed by atoms with Crippen LogP contribution in [0.25, 0.3) is 0 Å². The molecule has 0 fully saturated rings. The molecule has 0 bridgehead atoms. The SMILES string of the molecule is COC(=O)CCN(C)C(=O)C(C)Oc1cccc(C)c1. The van der Waals surface area contributed by atoms with Crippen molar-refractivity contribution in [2.45, 2.75) is 26.4 Å². The van der Waals surface area contributed by atoms with Gasteiger partial charge in [-0.25, -0.2) is 0 Å². The Balaban J connectivity index is 2.51. The van der Waals surface area contributed by atoms with Crippen LogP contribution >= 0.6 is 0 Å². The van der Waals surface area contributed by atoms with Gasteiger partial charge in [-0.15, -0.1) is 0 Å². The molecule has 1 atom stereocenters. The Morgan fingerprint density at radius 3 is 2.65 bits per heavy atom. The smallest absolute Gasteiger partial charge is 0.307 e. The number of likely N-dealkylation sites (N-methyl/N-ethyl adjacent to an activating group) is 1. The third-order valence-corrected chi connectivity index (χ3v) is 2.91. The lowest BCUT2D eigenvalue weighted by Gasteiger charge is -2.21. The summed E-state index contributed by atoms with van der Waals surface area (Å²) in [7, 11) is 2.97. The van der Waals surface area contributed by atoms with Gasteiger partial charge in [0.1, 0.15) is 5.75 Å². The van der Waals surface area contributed by atoms with E-state index in [9.17, 15) is 9.59 Å². The number of hydrogen-bond acceptors (Lipinski definition) is 4. The summed E-state index contributed by atoms with van der Waals surface area (Å²) in [6.07, 6.45) is -0.421. The van der Waals surface area contributed by atoms with Crippen LogP contribution in [0.2, 0.25) is 0 Å².